The molecule has 0 aliphatic carbocycles. The lowest BCUT2D eigenvalue weighted by Crippen LogP contribution is -2.40. The van der Waals surface area contributed by atoms with E-state index in [0.29, 0.717) is 5.56 Å². The molecule has 3 aliphatic heterocycles. The molecule has 29 heavy (non-hydrogen) atoms. The molecule has 0 saturated carbocycles. The minimum atomic E-state index is -3.89. The first-order valence-electron chi connectivity index (χ1n) is 9.03. The average Bonchev–Trinajstić information content (AvgIpc) is 3.08. The lowest BCUT2D eigenvalue weighted by molar-refractivity contribution is -0.146. The molecule has 1 aromatic rings. The van der Waals surface area contributed by atoms with Crippen LogP contribution in [0.25, 0.3) is 0 Å². The van der Waals surface area contributed by atoms with E-state index < -0.39 is 56.0 Å². The lowest BCUT2D eigenvalue weighted by Gasteiger charge is -2.30. The molecule has 0 bridgehead atoms. The van der Waals surface area contributed by atoms with E-state index in [1.807, 2.05) is 0 Å². The van der Waals surface area contributed by atoms with Crippen LogP contribution in [0.1, 0.15) is 18.4 Å². The Labute approximate surface area is 165 Å². The van der Waals surface area contributed by atoms with Crippen LogP contribution in [0.15, 0.2) is 36.3 Å². The summed E-state index contributed by atoms with van der Waals surface area (Å²) in [4.78, 5) is 24.3. The first-order valence-corrected chi connectivity index (χ1v) is 10.5. The van der Waals surface area contributed by atoms with Crippen LogP contribution in [-0.4, -0.2) is 48.2 Å². The highest BCUT2D eigenvalue weighted by Crippen LogP contribution is 2.56. The fourth-order valence-electron chi connectivity index (χ4n) is 3.35. The second kappa shape index (κ2) is 8.04. The van der Waals surface area contributed by atoms with Gasteiger partial charge in [0.1, 0.15) is 24.3 Å². The molecule has 0 spiro atoms. The van der Waals surface area contributed by atoms with Gasteiger partial charge in [-0.15, -0.1) is 0 Å². The van der Waals surface area contributed by atoms with E-state index in [1.165, 1.54) is 6.07 Å². The fraction of sp³-hybridized carbons (Fsp3) is 0.444. The van der Waals surface area contributed by atoms with E-state index in [9.17, 15) is 22.9 Å². The number of ether oxygens (including phenoxy) is 1. The minimum absolute atomic E-state index is 0.0828. The summed E-state index contributed by atoms with van der Waals surface area (Å²) in [7, 11) is -3.89. The standard InChI is InChI=1S/C18H18F2NO7P/c19-12-4-2-1-3-11(12)5-6-25-29(24)26-10-16-15(28-29)8-18(27-16)21-9-13(20)14(22)7-17(21)23/h1-4,9,15-16,18H,5-8,10H2/t15-,16+,18+,29?/m0/s1. The van der Waals surface area contributed by atoms with E-state index in [0.717, 1.165) is 11.1 Å². The number of allylic oxidation sites excluding steroid dienone is 1. The smallest absolute Gasteiger partial charge is 0.349 e. The summed E-state index contributed by atoms with van der Waals surface area (Å²) in [6.45, 7) is -0.189. The Kier molecular flexibility index (Phi) is 5.63. The lowest BCUT2D eigenvalue weighted by atomic mass is 10.1. The van der Waals surface area contributed by atoms with Gasteiger partial charge in [-0.3, -0.25) is 28.1 Å². The molecule has 3 aliphatic rings. The highest BCUT2D eigenvalue weighted by Gasteiger charge is 2.49. The zero-order chi connectivity index (χ0) is 20.6. The number of carbonyl (C=O) groups excluding carboxylic acids is 2. The molecule has 3 heterocycles. The molecule has 2 fully saturated rings. The number of halogens is 2. The maximum atomic E-state index is 13.6. The third-order valence-corrected chi connectivity index (χ3v) is 6.34. The highest BCUT2D eigenvalue weighted by molar-refractivity contribution is 7.48. The van der Waals surface area contributed by atoms with E-state index in [4.69, 9.17) is 18.3 Å². The Hall–Kier alpha value is -1.97. The summed E-state index contributed by atoms with van der Waals surface area (Å²) in [5.41, 5.74) is 0.408. The van der Waals surface area contributed by atoms with Gasteiger partial charge in [0, 0.05) is 12.6 Å². The Morgan fingerprint density at radius 3 is 2.79 bits per heavy atom. The van der Waals surface area contributed by atoms with Gasteiger partial charge in [-0.05, 0) is 18.1 Å². The minimum Gasteiger partial charge on any atom is -0.349 e. The number of Topliss-reactive ketones (excluding diaryl/α,β-unsaturated/α-hetero) is 1. The normalized spacial score (nSPS) is 32.3. The van der Waals surface area contributed by atoms with E-state index in [2.05, 4.69) is 0 Å². The Balaban J connectivity index is 1.35. The van der Waals surface area contributed by atoms with Crippen molar-refractivity contribution in [2.75, 3.05) is 13.2 Å². The van der Waals surface area contributed by atoms with Gasteiger partial charge in [-0.2, -0.15) is 0 Å². The zero-order valence-corrected chi connectivity index (χ0v) is 16.1. The van der Waals surface area contributed by atoms with Crippen LogP contribution < -0.4 is 0 Å². The topological polar surface area (TPSA) is 91.4 Å². The number of phosphoric acid groups is 1. The van der Waals surface area contributed by atoms with Crippen molar-refractivity contribution >= 4 is 19.5 Å². The van der Waals surface area contributed by atoms with Crippen molar-refractivity contribution in [2.24, 2.45) is 0 Å². The van der Waals surface area contributed by atoms with Gasteiger partial charge in [0.05, 0.1) is 19.6 Å². The highest BCUT2D eigenvalue weighted by atomic mass is 31.2. The molecule has 0 N–H and O–H groups in total. The van der Waals surface area contributed by atoms with E-state index in [-0.39, 0.29) is 26.1 Å². The molecule has 1 aromatic carbocycles. The van der Waals surface area contributed by atoms with Gasteiger partial charge in [0.25, 0.3) is 0 Å². The van der Waals surface area contributed by atoms with Crippen LogP contribution in [0.5, 0.6) is 0 Å². The van der Waals surface area contributed by atoms with Crippen LogP contribution in [0.2, 0.25) is 0 Å². The molecule has 11 heteroatoms. The predicted octanol–water partition coefficient (Wildman–Crippen LogP) is 2.64. The van der Waals surface area contributed by atoms with Crippen molar-refractivity contribution in [1.82, 2.24) is 4.90 Å². The number of carbonyl (C=O) groups is 2. The summed E-state index contributed by atoms with van der Waals surface area (Å²) in [6.07, 6.45) is -1.68. The number of ketones is 1. The summed E-state index contributed by atoms with van der Waals surface area (Å²) in [5.74, 6) is -2.89. The third-order valence-electron chi connectivity index (χ3n) is 4.85. The van der Waals surface area contributed by atoms with E-state index in [1.54, 1.807) is 18.2 Å². The zero-order valence-electron chi connectivity index (χ0n) is 15.2. The van der Waals surface area contributed by atoms with Crippen molar-refractivity contribution in [3.05, 3.63) is 47.7 Å². The summed E-state index contributed by atoms with van der Waals surface area (Å²) < 4.78 is 61.4. The van der Waals surface area contributed by atoms with Gasteiger partial charge in [0.2, 0.25) is 11.7 Å². The van der Waals surface area contributed by atoms with Crippen molar-refractivity contribution in [2.45, 2.75) is 37.7 Å². The Bertz CT molecular complexity index is 908. The molecule has 2 saturated heterocycles. The maximum Gasteiger partial charge on any atom is 0.475 e. The molecule has 1 amide bonds. The molecular formula is C18H18F2NO7P. The fourth-order valence-corrected chi connectivity index (χ4v) is 4.75. The first kappa shape index (κ1) is 20.3. The number of hydrogen-bond acceptors (Lipinski definition) is 7. The van der Waals surface area contributed by atoms with E-state index >= 15 is 0 Å². The SMILES string of the molecule is O=C1CC(=O)N([C@H]2C[C@@H]3OP(=O)(OCCc4ccccc4F)OC[C@H]3O2)C=C1F. The van der Waals surface area contributed by atoms with Gasteiger partial charge < -0.3 is 4.74 Å². The monoisotopic (exact) mass is 429 g/mol. The van der Waals surface area contributed by atoms with Crippen LogP contribution in [0.3, 0.4) is 0 Å². The molecule has 8 nitrogen and oxygen atoms in total. The van der Waals surface area contributed by atoms with Crippen molar-refractivity contribution < 1.29 is 41.2 Å². The van der Waals surface area contributed by atoms with Gasteiger partial charge in [-0.25, -0.2) is 13.3 Å². The molecular weight excluding hydrogens is 411 g/mol. The van der Waals surface area contributed by atoms with Crippen LogP contribution in [0.4, 0.5) is 8.78 Å². The molecule has 0 aromatic heterocycles. The second-order valence-electron chi connectivity index (χ2n) is 6.80. The number of rotatable bonds is 5. The molecule has 1 unspecified atom stereocenters. The van der Waals surface area contributed by atoms with Gasteiger partial charge in [0.15, 0.2) is 5.83 Å². The number of amides is 1. The van der Waals surface area contributed by atoms with Crippen molar-refractivity contribution in [1.29, 1.82) is 0 Å². The molecule has 156 valence electrons. The summed E-state index contributed by atoms with van der Waals surface area (Å²) in [5, 5.41) is 0. The first-order chi connectivity index (χ1) is 13.8. The van der Waals surface area contributed by atoms with Crippen molar-refractivity contribution in [3.63, 3.8) is 0 Å². The quantitative estimate of drug-likeness (QED) is 0.525. The summed E-state index contributed by atoms with van der Waals surface area (Å²) in [6, 6.07) is 6.16. The molecule has 0 radical (unpaired) electrons. The average molecular weight is 429 g/mol. The third kappa shape index (κ3) is 4.31. The van der Waals surface area contributed by atoms with Crippen LogP contribution >= 0.6 is 7.82 Å². The number of benzene rings is 1. The van der Waals surface area contributed by atoms with Gasteiger partial charge >= 0.3 is 7.82 Å². The number of fused-ring (bicyclic) bond motifs is 1. The largest absolute Gasteiger partial charge is 0.475 e. The molecule has 4 atom stereocenters. The van der Waals surface area contributed by atoms with Crippen LogP contribution in [-0.2, 0) is 38.9 Å². The number of nitrogens with zero attached hydrogens (tertiary/aromatic N) is 1. The summed E-state index contributed by atoms with van der Waals surface area (Å²) >= 11 is 0. The number of hydrogen-bond donors (Lipinski definition) is 0. The maximum absolute atomic E-state index is 13.6. The molecule has 4 rings (SSSR count). The van der Waals surface area contributed by atoms with Gasteiger partial charge in [-0.1, -0.05) is 18.2 Å². The Morgan fingerprint density at radius 2 is 2.00 bits per heavy atom. The van der Waals surface area contributed by atoms with Crippen LogP contribution in [0, 0.1) is 5.82 Å². The number of phosphoric ester groups is 1. The Morgan fingerprint density at radius 1 is 1.21 bits per heavy atom. The van der Waals surface area contributed by atoms with Crippen molar-refractivity contribution in [3.8, 4) is 0 Å². The second-order valence-corrected chi connectivity index (χ2v) is 8.43. The predicted molar refractivity (Wildman–Crippen MR) is 93.4 cm³/mol.